The van der Waals surface area contributed by atoms with Crippen molar-refractivity contribution >= 4 is 50.7 Å². The highest BCUT2D eigenvalue weighted by atomic mass is 35.5. The van der Waals surface area contributed by atoms with Crippen LogP contribution in [0.1, 0.15) is 39.2 Å². The van der Waals surface area contributed by atoms with Gasteiger partial charge in [0, 0.05) is 28.2 Å². The zero-order valence-corrected chi connectivity index (χ0v) is 23.5. The van der Waals surface area contributed by atoms with Gasteiger partial charge in [0.2, 0.25) is 21.8 Å². The number of ether oxygens (including phenoxy) is 1. The molecule has 0 aromatic heterocycles. The number of benzene rings is 2. The number of amides is 2. The Balaban J connectivity index is 2.54. The lowest BCUT2D eigenvalue weighted by Crippen LogP contribution is -2.53. The average Bonchev–Trinajstić information content (AvgIpc) is 2.83. The van der Waals surface area contributed by atoms with Gasteiger partial charge in [0.25, 0.3) is 0 Å². The molecule has 0 bridgehead atoms. The molecule has 0 radical (unpaired) electrons. The van der Waals surface area contributed by atoms with Crippen molar-refractivity contribution in [2.24, 2.45) is 0 Å². The summed E-state index contributed by atoms with van der Waals surface area (Å²) in [6, 6.07) is 10.5. The number of sulfonamides is 1. The highest BCUT2D eigenvalue weighted by Gasteiger charge is 2.33. The van der Waals surface area contributed by atoms with Crippen molar-refractivity contribution in [1.82, 2.24) is 10.2 Å². The van der Waals surface area contributed by atoms with E-state index in [0.717, 1.165) is 10.6 Å². The van der Waals surface area contributed by atoms with E-state index in [4.69, 9.17) is 27.9 Å². The molecule has 2 aromatic carbocycles. The molecular formula is C25H33Cl2N3O5S. The first-order valence-corrected chi connectivity index (χ1v) is 14.2. The number of anilines is 1. The molecular weight excluding hydrogens is 525 g/mol. The summed E-state index contributed by atoms with van der Waals surface area (Å²) in [7, 11) is -2.47. The van der Waals surface area contributed by atoms with Gasteiger partial charge in [-0.2, -0.15) is 0 Å². The minimum atomic E-state index is -3.89. The van der Waals surface area contributed by atoms with Crippen LogP contribution in [0.25, 0.3) is 0 Å². The van der Waals surface area contributed by atoms with Gasteiger partial charge >= 0.3 is 0 Å². The van der Waals surface area contributed by atoms with E-state index in [1.807, 2.05) is 13.8 Å². The zero-order chi connectivity index (χ0) is 27.0. The number of para-hydroxylation sites is 2. The number of nitrogens with zero attached hydrogens (tertiary/aromatic N) is 2. The molecule has 0 aliphatic rings. The zero-order valence-electron chi connectivity index (χ0n) is 21.1. The summed E-state index contributed by atoms with van der Waals surface area (Å²) >= 11 is 12.8. The van der Waals surface area contributed by atoms with Crippen LogP contribution >= 0.6 is 23.2 Å². The van der Waals surface area contributed by atoms with E-state index in [0.29, 0.717) is 28.5 Å². The molecule has 2 atom stereocenters. The second kappa shape index (κ2) is 13.2. The summed E-state index contributed by atoms with van der Waals surface area (Å²) in [5.41, 5.74) is 0.677. The van der Waals surface area contributed by atoms with E-state index in [2.05, 4.69) is 5.32 Å². The molecule has 0 saturated heterocycles. The molecule has 1 N–H and O–H groups in total. The molecule has 2 rings (SSSR count). The van der Waals surface area contributed by atoms with Crippen LogP contribution in [0.15, 0.2) is 42.5 Å². The monoisotopic (exact) mass is 557 g/mol. The van der Waals surface area contributed by atoms with Gasteiger partial charge in [-0.3, -0.25) is 13.9 Å². The first-order valence-electron chi connectivity index (χ1n) is 11.6. The van der Waals surface area contributed by atoms with Gasteiger partial charge < -0.3 is 15.0 Å². The normalized spacial score (nSPS) is 13.0. The van der Waals surface area contributed by atoms with Gasteiger partial charge in [0.1, 0.15) is 18.3 Å². The standard InChI is InChI=1S/C25H33Cl2N3O5S/c1-6-17(3)28-25(32)21(7-2)29(15-18-19(26)11-10-12-20(18)27)24(31)16-30(36(5,33)34)22-13-8-9-14-23(22)35-4/h8-14,17,21H,6-7,15-16H2,1-5H3,(H,28,32)/t17-,21+/m1/s1. The summed E-state index contributed by atoms with van der Waals surface area (Å²) in [6.45, 7) is 4.97. The summed E-state index contributed by atoms with van der Waals surface area (Å²) < 4.78 is 31.8. The Morgan fingerprint density at radius 2 is 1.64 bits per heavy atom. The van der Waals surface area contributed by atoms with Gasteiger partial charge in [-0.05, 0) is 44.0 Å². The highest BCUT2D eigenvalue weighted by Crippen LogP contribution is 2.31. The fraction of sp³-hybridized carbons (Fsp3) is 0.440. The lowest BCUT2D eigenvalue weighted by Gasteiger charge is -2.34. The Kier molecular flexibility index (Phi) is 10.9. The summed E-state index contributed by atoms with van der Waals surface area (Å²) in [5, 5.41) is 3.58. The number of methoxy groups -OCH3 is 1. The van der Waals surface area contributed by atoms with Crippen molar-refractivity contribution in [3.05, 3.63) is 58.1 Å². The van der Waals surface area contributed by atoms with Gasteiger partial charge in [-0.25, -0.2) is 8.42 Å². The van der Waals surface area contributed by atoms with Crippen molar-refractivity contribution in [2.45, 2.75) is 52.2 Å². The fourth-order valence-corrected chi connectivity index (χ4v) is 5.01. The Bertz CT molecular complexity index is 1160. The van der Waals surface area contributed by atoms with E-state index in [1.165, 1.54) is 12.0 Å². The van der Waals surface area contributed by atoms with Crippen LogP contribution in [-0.2, 0) is 26.2 Å². The van der Waals surface area contributed by atoms with Crippen LogP contribution in [0, 0.1) is 0 Å². The Morgan fingerprint density at radius 1 is 1.03 bits per heavy atom. The van der Waals surface area contributed by atoms with Crippen LogP contribution < -0.4 is 14.4 Å². The SMILES string of the molecule is CC[C@@H](C)NC(=O)[C@H](CC)N(Cc1c(Cl)cccc1Cl)C(=O)CN(c1ccccc1OC)S(C)(=O)=O. The fourth-order valence-electron chi connectivity index (χ4n) is 3.64. The lowest BCUT2D eigenvalue weighted by atomic mass is 10.1. The Morgan fingerprint density at radius 3 is 2.17 bits per heavy atom. The summed E-state index contributed by atoms with van der Waals surface area (Å²) in [4.78, 5) is 28.3. The van der Waals surface area contributed by atoms with Crippen molar-refractivity contribution in [3.8, 4) is 5.75 Å². The Labute approximate surface area is 223 Å². The summed E-state index contributed by atoms with van der Waals surface area (Å²) in [6.07, 6.45) is 2.01. The second-order valence-electron chi connectivity index (χ2n) is 8.41. The van der Waals surface area contributed by atoms with E-state index in [9.17, 15) is 18.0 Å². The maximum atomic E-state index is 13.8. The average molecular weight is 559 g/mol. The third kappa shape index (κ3) is 7.51. The van der Waals surface area contributed by atoms with Gasteiger partial charge in [-0.1, -0.05) is 55.2 Å². The predicted octanol–water partition coefficient (Wildman–Crippen LogP) is 4.49. The third-order valence-electron chi connectivity index (χ3n) is 5.81. The minimum Gasteiger partial charge on any atom is -0.495 e. The van der Waals surface area contributed by atoms with Gasteiger partial charge in [0.05, 0.1) is 19.1 Å². The number of carbonyl (C=O) groups is 2. The predicted molar refractivity (Wildman–Crippen MR) is 144 cm³/mol. The molecule has 0 saturated carbocycles. The first-order chi connectivity index (χ1) is 16.9. The summed E-state index contributed by atoms with van der Waals surface area (Å²) in [5.74, 6) is -0.641. The minimum absolute atomic E-state index is 0.0761. The molecule has 2 amide bonds. The maximum Gasteiger partial charge on any atom is 0.244 e. The maximum absolute atomic E-state index is 13.8. The van der Waals surface area contributed by atoms with Gasteiger partial charge in [-0.15, -0.1) is 0 Å². The molecule has 0 heterocycles. The van der Waals surface area contributed by atoms with Crippen LogP contribution in [0.3, 0.4) is 0 Å². The van der Waals surface area contributed by atoms with Crippen LogP contribution in [-0.4, -0.2) is 57.1 Å². The Hall–Kier alpha value is -2.49. The lowest BCUT2D eigenvalue weighted by molar-refractivity contribution is -0.140. The number of nitrogens with one attached hydrogen (secondary N) is 1. The molecule has 0 spiro atoms. The van der Waals surface area contributed by atoms with Crippen molar-refractivity contribution in [3.63, 3.8) is 0 Å². The molecule has 198 valence electrons. The quantitative estimate of drug-likeness (QED) is 0.414. The van der Waals surface area contributed by atoms with Gasteiger partial charge in [0.15, 0.2) is 0 Å². The number of carbonyl (C=O) groups excluding carboxylic acids is 2. The van der Waals surface area contributed by atoms with Crippen LogP contribution in [0.2, 0.25) is 10.0 Å². The molecule has 0 fully saturated rings. The van der Waals surface area contributed by atoms with E-state index < -0.39 is 28.5 Å². The number of hydrogen-bond donors (Lipinski definition) is 1. The van der Waals surface area contributed by atoms with Crippen LogP contribution in [0.5, 0.6) is 5.75 Å². The van der Waals surface area contributed by atoms with Crippen LogP contribution in [0.4, 0.5) is 5.69 Å². The number of hydrogen-bond acceptors (Lipinski definition) is 5. The largest absolute Gasteiger partial charge is 0.495 e. The molecule has 8 nitrogen and oxygen atoms in total. The number of rotatable bonds is 12. The first kappa shape index (κ1) is 29.7. The number of halogens is 2. The molecule has 2 aromatic rings. The van der Waals surface area contributed by atoms with Crippen molar-refractivity contribution in [1.29, 1.82) is 0 Å². The van der Waals surface area contributed by atoms with E-state index in [-0.39, 0.29) is 29.9 Å². The molecule has 36 heavy (non-hydrogen) atoms. The smallest absolute Gasteiger partial charge is 0.244 e. The second-order valence-corrected chi connectivity index (χ2v) is 11.1. The van der Waals surface area contributed by atoms with E-state index in [1.54, 1.807) is 49.4 Å². The molecule has 0 aliphatic carbocycles. The third-order valence-corrected chi connectivity index (χ3v) is 7.64. The molecule has 0 aliphatic heterocycles. The highest BCUT2D eigenvalue weighted by molar-refractivity contribution is 7.92. The topological polar surface area (TPSA) is 96.0 Å². The van der Waals surface area contributed by atoms with Crippen molar-refractivity contribution < 1.29 is 22.7 Å². The molecule has 0 unspecified atom stereocenters. The van der Waals surface area contributed by atoms with E-state index >= 15 is 0 Å². The molecule has 11 heteroatoms. The van der Waals surface area contributed by atoms with Crippen molar-refractivity contribution in [2.75, 3.05) is 24.2 Å².